The molecule has 0 aliphatic heterocycles. The van der Waals surface area contributed by atoms with Crippen LogP contribution in [0, 0.1) is 11.8 Å². The van der Waals surface area contributed by atoms with E-state index in [0.717, 1.165) is 5.56 Å². The van der Waals surface area contributed by atoms with Crippen LogP contribution in [0.2, 0.25) is 0 Å². The Labute approximate surface area is 235 Å². The molecule has 0 radical (unpaired) electrons. The molecule has 0 bridgehead atoms. The van der Waals surface area contributed by atoms with E-state index in [9.17, 15) is 34.5 Å². The topological polar surface area (TPSA) is 236 Å². The maximum atomic E-state index is 14.1. The van der Waals surface area contributed by atoms with Crippen molar-refractivity contribution in [1.29, 1.82) is 0 Å². The molecule has 212 valence electrons. The molecule has 3 aliphatic carbocycles. The predicted molar refractivity (Wildman–Crippen MR) is 150 cm³/mol. The Hall–Kier alpha value is -4.33. The van der Waals surface area contributed by atoms with E-state index in [4.69, 9.17) is 21.6 Å². The lowest BCUT2D eigenvalue weighted by Crippen LogP contribution is -2.65. The lowest BCUT2D eigenvalue weighted by atomic mass is 9.56. The molecule has 0 saturated heterocycles. The van der Waals surface area contributed by atoms with E-state index in [1.165, 1.54) is 17.8 Å². The van der Waals surface area contributed by atoms with E-state index in [1.807, 2.05) is 30.3 Å². The zero-order valence-corrected chi connectivity index (χ0v) is 22.2. The lowest BCUT2D eigenvalue weighted by molar-refractivity contribution is -0.149. The van der Waals surface area contributed by atoms with E-state index in [-0.39, 0.29) is 34.3 Å². The summed E-state index contributed by atoms with van der Waals surface area (Å²) in [5.74, 6) is -7.77. The Balaban J connectivity index is 1.55. The first kappa shape index (κ1) is 26.9. The number of hydrogen-bond donors (Lipinski definition) is 7. The van der Waals surface area contributed by atoms with Crippen molar-refractivity contribution in [3.05, 3.63) is 80.5 Å². The standard InChI is InChI=1S/C28H26N4O8S/c29-14-7-15-23(40-27(38)32-15)18-16(14)12(9-41-8-10-4-2-1-3-5-10)11-6-13-20(30)22(34)19(26(31)37)25(36)28(13,39)24(35)17(11)21(18)33/h1-5,7,11-13,20,33,36,39H,6,8-9,29-30H2,(H2,31,37)(H,32,38)/t11-,12-,13+,20+,28+/m1/s1. The van der Waals surface area contributed by atoms with Gasteiger partial charge in [0.1, 0.15) is 17.1 Å². The van der Waals surface area contributed by atoms with Crippen LogP contribution in [0.15, 0.2) is 62.5 Å². The van der Waals surface area contributed by atoms with Crippen LogP contribution in [0.25, 0.3) is 16.9 Å². The van der Waals surface area contributed by atoms with Crippen molar-refractivity contribution >= 4 is 51.8 Å². The van der Waals surface area contributed by atoms with Crippen molar-refractivity contribution < 1.29 is 34.1 Å². The number of amides is 1. The monoisotopic (exact) mass is 578 g/mol. The number of benzene rings is 2. The number of H-pyrrole nitrogens is 1. The molecule has 12 nitrogen and oxygen atoms in total. The largest absolute Gasteiger partial charge is 0.508 e. The minimum absolute atomic E-state index is 0.0140. The molecule has 1 aromatic heterocycles. The highest BCUT2D eigenvalue weighted by atomic mass is 32.2. The van der Waals surface area contributed by atoms with Crippen LogP contribution in [0.1, 0.15) is 29.0 Å². The highest BCUT2D eigenvalue weighted by molar-refractivity contribution is 7.98. The number of hydrogen-bond acceptors (Lipinski definition) is 11. The Bertz CT molecular complexity index is 1770. The SMILES string of the molecule is NC(=O)C1=C(O)[C@@]2(O)C(=O)C3=C(O)c4c(c(N)cc5[nH]c(=O)oc45)[C@H](CSCc4ccccc4)[C@H]3C[C@H]2[C@H](N)C1=O. The number of thioether (sulfide) groups is 1. The van der Waals surface area contributed by atoms with Gasteiger partial charge in [-0.3, -0.25) is 19.4 Å². The molecule has 3 aromatic rings. The van der Waals surface area contributed by atoms with Crippen LogP contribution in [0.5, 0.6) is 0 Å². The minimum atomic E-state index is -2.80. The first-order valence-corrected chi connectivity index (χ1v) is 13.9. The summed E-state index contributed by atoms with van der Waals surface area (Å²) in [5, 5.41) is 34.2. The number of fused-ring (bicyclic) bond motifs is 5. The first-order valence-electron chi connectivity index (χ1n) is 12.8. The summed E-state index contributed by atoms with van der Waals surface area (Å²) in [6.45, 7) is 0. The molecule has 41 heavy (non-hydrogen) atoms. The Morgan fingerprint density at radius 1 is 1.17 bits per heavy atom. The van der Waals surface area contributed by atoms with Gasteiger partial charge in [0.25, 0.3) is 5.91 Å². The molecular formula is C28H26N4O8S. The molecular weight excluding hydrogens is 552 g/mol. The van der Waals surface area contributed by atoms with Gasteiger partial charge in [-0.25, -0.2) is 4.79 Å². The van der Waals surface area contributed by atoms with Gasteiger partial charge < -0.3 is 36.9 Å². The molecule has 3 aliphatic rings. The van der Waals surface area contributed by atoms with E-state index in [0.29, 0.717) is 17.1 Å². The van der Waals surface area contributed by atoms with Crippen LogP contribution in [0.4, 0.5) is 5.69 Å². The number of nitrogens with two attached hydrogens (primary N) is 3. The highest BCUT2D eigenvalue weighted by Gasteiger charge is 2.64. The van der Waals surface area contributed by atoms with Gasteiger partial charge in [0.05, 0.1) is 17.1 Å². The van der Waals surface area contributed by atoms with Crippen LogP contribution in [-0.4, -0.2) is 55.2 Å². The van der Waals surface area contributed by atoms with Crippen LogP contribution < -0.4 is 23.0 Å². The van der Waals surface area contributed by atoms with E-state index in [2.05, 4.69) is 4.98 Å². The Morgan fingerprint density at radius 3 is 2.56 bits per heavy atom. The summed E-state index contributed by atoms with van der Waals surface area (Å²) in [6.07, 6.45) is -0.116. The van der Waals surface area contributed by atoms with Crippen molar-refractivity contribution in [1.82, 2.24) is 4.98 Å². The fraction of sp³-hybridized carbons (Fsp3) is 0.286. The van der Waals surface area contributed by atoms with Gasteiger partial charge in [-0.2, -0.15) is 11.8 Å². The van der Waals surface area contributed by atoms with Gasteiger partial charge in [0, 0.05) is 34.6 Å². The molecule has 1 heterocycles. The normalized spacial score (nSPS) is 27.6. The van der Waals surface area contributed by atoms with Gasteiger partial charge in [-0.05, 0) is 29.5 Å². The Kier molecular flexibility index (Phi) is 6.14. The number of primary amides is 1. The van der Waals surface area contributed by atoms with Gasteiger partial charge in [-0.1, -0.05) is 30.3 Å². The number of nitrogens with one attached hydrogen (secondary N) is 1. The maximum Gasteiger partial charge on any atom is 0.417 e. The second-order valence-corrected chi connectivity index (χ2v) is 11.6. The van der Waals surface area contributed by atoms with E-state index < -0.39 is 69.7 Å². The third kappa shape index (κ3) is 3.76. The third-order valence-electron chi connectivity index (χ3n) is 8.37. The zero-order chi connectivity index (χ0) is 29.4. The summed E-state index contributed by atoms with van der Waals surface area (Å²) in [6, 6.07) is 9.63. The zero-order valence-electron chi connectivity index (χ0n) is 21.4. The number of aromatic nitrogens is 1. The van der Waals surface area contributed by atoms with Gasteiger partial charge in [0.15, 0.2) is 17.0 Å². The first-order chi connectivity index (χ1) is 19.5. The number of nitrogen functional groups attached to an aromatic ring is 1. The molecule has 6 rings (SSSR count). The number of aliphatic hydroxyl groups is 3. The van der Waals surface area contributed by atoms with Crippen LogP contribution in [0.3, 0.4) is 0 Å². The smallest absolute Gasteiger partial charge is 0.417 e. The molecule has 1 saturated carbocycles. The van der Waals surface area contributed by atoms with Crippen molar-refractivity contribution in [3.63, 3.8) is 0 Å². The predicted octanol–water partition coefficient (Wildman–Crippen LogP) is 1.15. The number of aliphatic hydroxyl groups excluding tert-OH is 2. The molecule has 1 fully saturated rings. The highest BCUT2D eigenvalue weighted by Crippen LogP contribution is 2.56. The van der Waals surface area contributed by atoms with Crippen molar-refractivity contribution in [2.45, 2.75) is 29.7 Å². The van der Waals surface area contributed by atoms with Gasteiger partial charge in [-0.15, -0.1) is 0 Å². The number of carbonyl (C=O) groups excluding carboxylic acids is 3. The summed E-state index contributed by atoms with van der Waals surface area (Å²) in [7, 11) is 0. The van der Waals surface area contributed by atoms with E-state index >= 15 is 0 Å². The summed E-state index contributed by atoms with van der Waals surface area (Å²) >= 11 is 1.54. The fourth-order valence-electron chi connectivity index (χ4n) is 6.51. The van der Waals surface area contributed by atoms with Crippen LogP contribution in [-0.2, 0) is 20.1 Å². The molecule has 10 N–H and O–H groups in total. The number of aromatic amines is 1. The average Bonchev–Trinajstić information content (AvgIpc) is 3.30. The quantitative estimate of drug-likeness (QED) is 0.167. The molecule has 1 amide bonds. The molecule has 2 aromatic carbocycles. The molecule has 0 unspecified atom stereocenters. The van der Waals surface area contributed by atoms with E-state index in [1.54, 1.807) is 0 Å². The fourth-order valence-corrected chi connectivity index (χ4v) is 7.71. The van der Waals surface area contributed by atoms with Crippen molar-refractivity contribution in [3.8, 4) is 0 Å². The lowest BCUT2D eigenvalue weighted by Gasteiger charge is -2.50. The number of carbonyl (C=O) groups is 3. The Morgan fingerprint density at radius 2 is 1.88 bits per heavy atom. The number of Topliss-reactive ketones (excluding diaryl/α,β-unsaturated/α-hetero) is 2. The van der Waals surface area contributed by atoms with Gasteiger partial charge in [0.2, 0.25) is 5.78 Å². The maximum absolute atomic E-state index is 14.1. The second-order valence-electron chi connectivity index (χ2n) is 10.5. The summed E-state index contributed by atoms with van der Waals surface area (Å²) < 4.78 is 5.34. The number of ketones is 2. The second kappa shape index (κ2) is 9.36. The number of rotatable bonds is 5. The molecule has 13 heteroatoms. The van der Waals surface area contributed by atoms with Crippen LogP contribution >= 0.6 is 11.8 Å². The summed E-state index contributed by atoms with van der Waals surface area (Å²) in [4.78, 5) is 53.6. The number of anilines is 1. The molecule has 5 atom stereocenters. The molecule has 0 spiro atoms. The van der Waals surface area contributed by atoms with Gasteiger partial charge >= 0.3 is 5.76 Å². The third-order valence-corrected chi connectivity index (χ3v) is 9.51. The number of oxazole rings is 1. The van der Waals surface area contributed by atoms with Crippen molar-refractivity contribution in [2.24, 2.45) is 23.3 Å². The van der Waals surface area contributed by atoms with Crippen molar-refractivity contribution in [2.75, 3.05) is 11.5 Å². The average molecular weight is 579 g/mol. The summed E-state index contributed by atoms with van der Waals surface area (Å²) in [5.41, 5.74) is 15.8. The minimum Gasteiger partial charge on any atom is -0.508 e.